The highest BCUT2D eigenvalue weighted by Crippen LogP contribution is 2.42. The van der Waals surface area contributed by atoms with Crippen LogP contribution in [0.1, 0.15) is 30.4 Å². The van der Waals surface area contributed by atoms with Gasteiger partial charge in [0.2, 0.25) is 0 Å². The number of hydrogen-bond acceptors (Lipinski definition) is 6. The minimum absolute atomic E-state index is 0.469. The van der Waals surface area contributed by atoms with E-state index in [9.17, 15) is 0 Å². The highest BCUT2D eigenvalue weighted by atomic mass is 32.1. The van der Waals surface area contributed by atoms with Crippen molar-refractivity contribution in [2.24, 2.45) is 0 Å². The number of aromatic nitrogens is 5. The molecule has 0 saturated carbocycles. The van der Waals surface area contributed by atoms with Crippen LogP contribution in [0.4, 0.5) is 5.82 Å². The van der Waals surface area contributed by atoms with E-state index in [1.165, 1.54) is 11.9 Å². The topological polar surface area (TPSA) is 83.3 Å². The number of rotatable bonds is 6. The molecule has 0 amide bonds. The zero-order valence-electron chi connectivity index (χ0n) is 17.8. The molecule has 0 aliphatic rings. The van der Waals surface area contributed by atoms with Gasteiger partial charge in [-0.25, -0.2) is 14.5 Å². The Balaban J connectivity index is 1.68. The first-order chi connectivity index (χ1) is 15.1. The quantitative estimate of drug-likeness (QED) is 0.420. The molecule has 2 N–H and O–H groups in total. The maximum atomic E-state index is 6.32. The second-order valence-electron chi connectivity index (χ2n) is 7.67. The Bertz CT molecular complexity index is 1400. The van der Waals surface area contributed by atoms with Crippen LogP contribution in [0, 0.1) is 6.92 Å². The Morgan fingerprint density at radius 1 is 1.16 bits per heavy atom. The molecule has 4 heterocycles. The van der Waals surface area contributed by atoms with E-state index in [-0.39, 0.29) is 0 Å². The van der Waals surface area contributed by atoms with Gasteiger partial charge in [-0.05, 0) is 42.5 Å². The summed E-state index contributed by atoms with van der Waals surface area (Å²) in [5, 5.41) is 5.68. The predicted molar refractivity (Wildman–Crippen MR) is 125 cm³/mol. The van der Waals surface area contributed by atoms with Crippen molar-refractivity contribution in [2.75, 3.05) is 12.8 Å². The van der Waals surface area contributed by atoms with Gasteiger partial charge in [0.1, 0.15) is 23.4 Å². The first-order valence-corrected chi connectivity index (χ1v) is 11.1. The molecule has 4 aromatic heterocycles. The Morgan fingerprint density at radius 2 is 2.03 bits per heavy atom. The smallest absolute Gasteiger partial charge is 0.152 e. The second kappa shape index (κ2) is 7.70. The number of ether oxygens (including phenoxy) is 1. The van der Waals surface area contributed by atoms with Crippen LogP contribution in [-0.4, -0.2) is 31.3 Å². The van der Waals surface area contributed by atoms with Crippen LogP contribution in [0.25, 0.3) is 26.0 Å². The standard InChI is InChI=1S/C23H24N6OS/c1-4-5-20-25-6-7-28(20)12-16-11-17(21-23(24)26-13-27-29(16)21)19-10-15-8-14(2)9-18(30-3)22(15)31-19/h6-11,13H,4-5,12H2,1-3H3,(H2,24,26,27). The molecule has 0 atom stereocenters. The number of nitrogens with zero attached hydrogens (tertiary/aromatic N) is 5. The predicted octanol–water partition coefficient (Wildman–Crippen LogP) is 4.71. The molecule has 0 aliphatic carbocycles. The van der Waals surface area contributed by atoms with E-state index in [2.05, 4.69) is 57.7 Å². The first kappa shape index (κ1) is 19.6. The third-order valence-electron chi connectivity index (χ3n) is 5.48. The lowest BCUT2D eigenvalue weighted by Crippen LogP contribution is -2.08. The summed E-state index contributed by atoms with van der Waals surface area (Å²) >= 11 is 1.70. The summed E-state index contributed by atoms with van der Waals surface area (Å²) in [6.07, 6.45) is 7.37. The van der Waals surface area contributed by atoms with Gasteiger partial charge < -0.3 is 15.0 Å². The number of benzene rings is 1. The van der Waals surface area contributed by atoms with Crippen molar-refractivity contribution in [1.29, 1.82) is 0 Å². The van der Waals surface area contributed by atoms with E-state index in [0.29, 0.717) is 12.4 Å². The number of aryl methyl sites for hydroxylation is 2. The molecule has 8 heteroatoms. The van der Waals surface area contributed by atoms with Crippen LogP contribution >= 0.6 is 11.3 Å². The number of thiophene rings is 1. The lowest BCUT2D eigenvalue weighted by atomic mass is 10.1. The van der Waals surface area contributed by atoms with Crippen LogP contribution in [0.15, 0.2) is 43.0 Å². The third-order valence-corrected chi connectivity index (χ3v) is 6.67. The summed E-state index contributed by atoms with van der Waals surface area (Å²) < 4.78 is 10.8. The number of hydrogen-bond donors (Lipinski definition) is 1. The molecule has 0 spiro atoms. The molecule has 31 heavy (non-hydrogen) atoms. The molecule has 0 aliphatic heterocycles. The van der Waals surface area contributed by atoms with Gasteiger partial charge >= 0.3 is 0 Å². The highest BCUT2D eigenvalue weighted by Gasteiger charge is 2.19. The third kappa shape index (κ3) is 3.33. The largest absolute Gasteiger partial charge is 0.495 e. The molecule has 0 fully saturated rings. The second-order valence-corrected chi connectivity index (χ2v) is 8.72. The molecule has 5 rings (SSSR count). The molecular formula is C23H24N6OS. The van der Waals surface area contributed by atoms with Gasteiger partial charge in [-0.3, -0.25) is 0 Å². The van der Waals surface area contributed by atoms with Crippen LogP contribution in [-0.2, 0) is 13.0 Å². The fourth-order valence-electron chi connectivity index (χ4n) is 4.09. The summed E-state index contributed by atoms with van der Waals surface area (Å²) in [5.74, 6) is 2.43. The SMILES string of the molecule is CCCc1nccn1Cc1cc(-c2cc3cc(C)cc(OC)c3s2)c2c(N)ncnn12. The molecule has 7 nitrogen and oxygen atoms in total. The van der Waals surface area contributed by atoms with Crippen molar-refractivity contribution in [3.8, 4) is 16.2 Å². The molecule has 0 bridgehead atoms. The van der Waals surface area contributed by atoms with E-state index >= 15 is 0 Å². The lowest BCUT2D eigenvalue weighted by molar-refractivity contribution is 0.420. The van der Waals surface area contributed by atoms with E-state index in [0.717, 1.165) is 56.2 Å². The summed E-state index contributed by atoms with van der Waals surface area (Å²) in [7, 11) is 1.71. The van der Waals surface area contributed by atoms with Gasteiger partial charge in [-0.1, -0.05) is 13.0 Å². The molecular weight excluding hydrogens is 408 g/mol. The maximum Gasteiger partial charge on any atom is 0.152 e. The molecule has 0 radical (unpaired) electrons. The van der Waals surface area contributed by atoms with Gasteiger partial charge in [0.05, 0.1) is 24.0 Å². The first-order valence-electron chi connectivity index (χ1n) is 10.3. The van der Waals surface area contributed by atoms with Crippen LogP contribution < -0.4 is 10.5 Å². The average molecular weight is 433 g/mol. The average Bonchev–Trinajstić information content (AvgIpc) is 3.46. The van der Waals surface area contributed by atoms with E-state index in [4.69, 9.17) is 10.5 Å². The molecule has 0 unspecified atom stereocenters. The number of nitrogen functional groups attached to an aromatic ring is 1. The lowest BCUT2D eigenvalue weighted by Gasteiger charge is -2.07. The van der Waals surface area contributed by atoms with Crippen LogP contribution in [0.2, 0.25) is 0 Å². The van der Waals surface area contributed by atoms with Gasteiger partial charge in [-0.15, -0.1) is 11.3 Å². The summed E-state index contributed by atoms with van der Waals surface area (Å²) in [5.41, 5.74) is 10.4. The molecule has 0 saturated heterocycles. The van der Waals surface area contributed by atoms with Gasteiger partial charge in [0, 0.05) is 29.3 Å². The highest BCUT2D eigenvalue weighted by molar-refractivity contribution is 7.22. The fraction of sp³-hybridized carbons (Fsp3) is 0.261. The number of imidazole rings is 1. The van der Waals surface area contributed by atoms with E-state index < -0.39 is 0 Å². The van der Waals surface area contributed by atoms with Crippen LogP contribution in [0.5, 0.6) is 5.75 Å². The molecule has 158 valence electrons. The maximum absolute atomic E-state index is 6.32. The summed E-state index contributed by atoms with van der Waals surface area (Å²) in [4.78, 5) is 9.88. The van der Waals surface area contributed by atoms with Crippen molar-refractivity contribution < 1.29 is 4.74 Å². The Labute approximate surface area is 184 Å². The van der Waals surface area contributed by atoms with Crippen molar-refractivity contribution in [2.45, 2.75) is 33.2 Å². The van der Waals surface area contributed by atoms with Gasteiger partial charge in [0.25, 0.3) is 0 Å². The number of fused-ring (bicyclic) bond motifs is 2. The molecule has 1 aromatic carbocycles. The molecule has 5 aromatic rings. The Morgan fingerprint density at radius 3 is 2.84 bits per heavy atom. The van der Waals surface area contributed by atoms with Crippen molar-refractivity contribution >= 4 is 32.8 Å². The fourth-order valence-corrected chi connectivity index (χ4v) is 5.24. The van der Waals surface area contributed by atoms with Crippen molar-refractivity contribution in [1.82, 2.24) is 24.1 Å². The van der Waals surface area contributed by atoms with Gasteiger partial charge in [0.15, 0.2) is 5.82 Å². The van der Waals surface area contributed by atoms with Crippen molar-refractivity contribution in [3.05, 3.63) is 60.1 Å². The van der Waals surface area contributed by atoms with Crippen molar-refractivity contribution in [3.63, 3.8) is 0 Å². The van der Waals surface area contributed by atoms with E-state index in [1.807, 2.05) is 16.9 Å². The minimum atomic E-state index is 0.469. The Kier molecular flexibility index (Phi) is 4.86. The normalized spacial score (nSPS) is 11.6. The summed E-state index contributed by atoms with van der Waals surface area (Å²) in [6.45, 7) is 4.91. The number of nitrogens with two attached hydrogens (primary N) is 1. The van der Waals surface area contributed by atoms with Crippen LogP contribution in [0.3, 0.4) is 0 Å². The number of methoxy groups -OCH3 is 1. The minimum Gasteiger partial charge on any atom is -0.495 e. The van der Waals surface area contributed by atoms with Gasteiger partial charge in [-0.2, -0.15) is 5.10 Å². The van der Waals surface area contributed by atoms with E-state index in [1.54, 1.807) is 18.4 Å². The zero-order chi connectivity index (χ0) is 21.5. The monoisotopic (exact) mass is 432 g/mol. The summed E-state index contributed by atoms with van der Waals surface area (Å²) in [6, 6.07) is 8.61. The number of anilines is 1. The zero-order valence-corrected chi connectivity index (χ0v) is 18.6. The Hall–Kier alpha value is -3.39.